The van der Waals surface area contributed by atoms with Crippen LogP contribution in [0.15, 0.2) is 85.1 Å². The number of unbranched alkanes of at least 4 members (excludes halogenated alkanes) is 43. The van der Waals surface area contributed by atoms with Gasteiger partial charge in [0.25, 0.3) is 0 Å². The van der Waals surface area contributed by atoms with Gasteiger partial charge in [-0.2, -0.15) is 0 Å². The van der Waals surface area contributed by atoms with Crippen LogP contribution in [0.1, 0.15) is 361 Å². The molecule has 0 bridgehead atoms. The van der Waals surface area contributed by atoms with E-state index in [1.54, 1.807) is 0 Å². The molecule has 0 saturated heterocycles. The minimum atomic E-state index is -0.774. The van der Waals surface area contributed by atoms with Crippen LogP contribution in [0.3, 0.4) is 0 Å². The zero-order valence-corrected chi connectivity index (χ0v) is 53.3. The molecule has 0 saturated carbocycles. The van der Waals surface area contributed by atoms with Crippen molar-refractivity contribution in [3.63, 3.8) is 0 Å². The molecule has 464 valence electrons. The molecule has 0 rings (SSSR count). The van der Waals surface area contributed by atoms with Crippen molar-refractivity contribution >= 4 is 11.9 Å². The Labute approximate surface area is 498 Å². The summed E-state index contributed by atoms with van der Waals surface area (Å²) < 4.78 is 10.8. The summed E-state index contributed by atoms with van der Waals surface area (Å²) in [6.07, 6.45) is 99.1. The zero-order chi connectivity index (χ0) is 57.6. The molecule has 1 N–H and O–H groups in total. The van der Waals surface area contributed by atoms with Crippen molar-refractivity contribution < 1.29 is 24.2 Å². The van der Waals surface area contributed by atoms with Crippen LogP contribution in [-0.2, 0) is 19.1 Å². The van der Waals surface area contributed by atoms with Crippen molar-refractivity contribution in [3.8, 4) is 0 Å². The number of carbonyl (C=O) groups is 2. The molecule has 0 aromatic rings. The van der Waals surface area contributed by atoms with Gasteiger partial charge in [-0.15, -0.1) is 0 Å². The highest BCUT2D eigenvalue weighted by molar-refractivity contribution is 5.70. The van der Waals surface area contributed by atoms with E-state index in [4.69, 9.17) is 9.47 Å². The molecule has 1 atom stereocenters. The predicted octanol–water partition coefficient (Wildman–Crippen LogP) is 24.4. The Morgan fingerprint density at radius 3 is 0.812 bits per heavy atom. The molecule has 80 heavy (non-hydrogen) atoms. The lowest BCUT2D eigenvalue weighted by Crippen LogP contribution is -2.28. The van der Waals surface area contributed by atoms with Gasteiger partial charge in [0.15, 0.2) is 6.10 Å². The average Bonchev–Trinajstić information content (AvgIpc) is 3.46. The normalized spacial score (nSPS) is 12.7. The molecule has 0 spiro atoms. The van der Waals surface area contributed by atoms with Crippen LogP contribution in [0.4, 0.5) is 0 Å². The second-order valence-corrected chi connectivity index (χ2v) is 23.6. The third-order valence-corrected chi connectivity index (χ3v) is 15.7. The maximum absolute atomic E-state index is 12.4. The summed E-state index contributed by atoms with van der Waals surface area (Å²) in [7, 11) is 0. The van der Waals surface area contributed by atoms with E-state index in [0.29, 0.717) is 12.8 Å². The van der Waals surface area contributed by atoms with Crippen LogP contribution < -0.4 is 0 Å². The summed E-state index contributed by atoms with van der Waals surface area (Å²) >= 11 is 0. The molecule has 5 nitrogen and oxygen atoms in total. The first-order chi connectivity index (χ1) is 39.6. The van der Waals surface area contributed by atoms with Gasteiger partial charge < -0.3 is 14.6 Å². The summed E-state index contributed by atoms with van der Waals surface area (Å²) in [4.78, 5) is 24.7. The molecule has 0 radical (unpaired) electrons. The largest absolute Gasteiger partial charge is 0.462 e. The smallest absolute Gasteiger partial charge is 0.306 e. The quantitative estimate of drug-likeness (QED) is 0.0373. The standard InChI is InChI=1S/C75H134O5/c1-3-5-7-9-11-13-15-17-19-21-23-25-27-29-31-33-34-35-36-37-38-39-40-42-44-46-48-50-52-54-56-58-60-62-64-66-68-70-75(78)80-73(71-76)72-79-74(77)69-67-65-63-61-59-57-55-53-51-49-47-45-43-41-32-30-28-26-24-22-20-18-16-14-12-10-8-6-4-2/h5,7,11,13,16-19,22-25,28,30,73,76H,3-4,6,8-10,12,14-15,20-21,26-27,29,31-72H2,1-2H3/b7-5-,13-11-,18-16-,19-17-,24-22-,25-23-,30-28-. The molecule has 1 unspecified atom stereocenters. The van der Waals surface area contributed by atoms with Crippen LogP contribution in [-0.4, -0.2) is 36.4 Å². The Balaban J connectivity index is 3.41. The van der Waals surface area contributed by atoms with E-state index in [9.17, 15) is 14.7 Å². The van der Waals surface area contributed by atoms with E-state index >= 15 is 0 Å². The second kappa shape index (κ2) is 70.3. The minimum Gasteiger partial charge on any atom is -0.462 e. The van der Waals surface area contributed by atoms with Crippen LogP contribution >= 0.6 is 0 Å². The first-order valence-corrected chi connectivity index (χ1v) is 35.1. The van der Waals surface area contributed by atoms with Crippen molar-refractivity contribution in [2.45, 2.75) is 367 Å². The predicted molar refractivity (Wildman–Crippen MR) is 353 cm³/mol. The third-order valence-electron chi connectivity index (χ3n) is 15.7. The Bertz CT molecular complexity index is 1450. The SMILES string of the molecule is CC/C=C\C/C=C\C/C=C\C/C=C\CCCCCCCCCCCCCCCCCCCCCCCCCCC(=O)OC(CO)COC(=O)CCCCCCCCCCCCCCCC/C=C\C/C=C\C/C=C\CCCCCCC. The van der Waals surface area contributed by atoms with Crippen molar-refractivity contribution in [3.05, 3.63) is 85.1 Å². The van der Waals surface area contributed by atoms with Crippen molar-refractivity contribution in [2.24, 2.45) is 0 Å². The van der Waals surface area contributed by atoms with Crippen LogP contribution in [0.25, 0.3) is 0 Å². The van der Waals surface area contributed by atoms with Crippen molar-refractivity contribution in [1.82, 2.24) is 0 Å². The summed E-state index contributed by atoms with van der Waals surface area (Å²) in [5.41, 5.74) is 0. The van der Waals surface area contributed by atoms with E-state index in [1.165, 1.54) is 257 Å². The molecule has 0 heterocycles. The number of ether oxygens (including phenoxy) is 2. The third kappa shape index (κ3) is 67.6. The first kappa shape index (κ1) is 77.1. The van der Waals surface area contributed by atoms with Crippen molar-refractivity contribution in [1.29, 1.82) is 0 Å². The maximum Gasteiger partial charge on any atom is 0.306 e. The molecule has 0 aliphatic heterocycles. The molecular formula is C75H134O5. The Kier molecular flexibility index (Phi) is 67.8. The summed E-state index contributed by atoms with van der Waals surface area (Å²) in [6, 6.07) is 0. The number of esters is 2. The van der Waals surface area contributed by atoms with Gasteiger partial charge in [0.2, 0.25) is 0 Å². The molecule has 0 fully saturated rings. The molecule has 0 aromatic carbocycles. The highest BCUT2D eigenvalue weighted by atomic mass is 16.6. The van der Waals surface area contributed by atoms with Crippen LogP contribution in [0.5, 0.6) is 0 Å². The maximum atomic E-state index is 12.4. The van der Waals surface area contributed by atoms with Crippen LogP contribution in [0.2, 0.25) is 0 Å². The van der Waals surface area contributed by atoms with Gasteiger partial charge in [-0.05, 0) is 89.9 Å². The monoisotopic (exact) mass is 1120 g/mol. The number of carbonyl (C=O) groups excluding carboxylic acids is 2. The number of allylic oxidation sites excluding steroid dienone is 14. The topological polar surface area (TPSA) is 72.8 Å². The fourth-order valence-corrected chi connectivity index (χ4v) is 10.4. The number of hydrogen-bond donors (Lipinski definition) is 1. The lowest BCUT2D eigenvalue weighted by atomic mass is 10.0. The van der Waals surface area contributed by atoms with E-state index in [2.05, 4.69) is 98.9 Å². The molecule has 0 aliphatic rings. The van der Waals surface area contributed by atoms with Gasteiger partial charge >= 0.3 is 11.9 Å². The zero-order valence-electron chi connectivity index (χ0n) is 53.3. The highest BCUT2D eigenvalue weighted by Gasteiger charge is 2.16. The second-order valence-electron chi connectivity index (χ2n) is 23.6. The molecule has 5 heteroatoms. The highest BCUT2D eigenvalue weighted by Crippen LogP contribution is 2.18. The molecule has 0 amide bonds. The minimum absolute atomic E-state index is 0.0640. The van der Waals surface area contributed by atoms with Gasteiger partial charge in [0, 0.05) is 12.8 Å². The fourth-order valence-electron chi connectivity index (χ4n) is 10.4. The van der Waals surface area contributed by atoms with Crippen molar-refractivity contribution in [2.75, 3.05) is 13.2 Å². The molecular weight excluding hydrogens is 981 g/mol. The van der Waals surface area contributed by atoms with Gasteiger partial charge in [0.05, 0.1) is 6.61 Å². The van der Waals surface area contributed by atoms with E-state index in [0.717, 1.165) is 77.0 Å². The van der Waals surface area contributed by atoms with Gasteiger partial charge in [-0.25, -0.2) is 0 Å². The first-order valence-electron chi connectivity index (χ1n) is 35.1. The Morgan fingerprint density at radius 1 is 0.300 bits per heavy atom. The van der Waals surface area contributed by atoms with Gasteiger partial charge in [0.1, 0.15) is 6.61 Å². The molecule has 0 aromatic heterocycles. The van der Waals surface area contributed by atoms with Crippen LogP contribution in [0, 0.1) is 0 Å². The number of aliphatic hydroxyl groups excluding tert-OH is 1. The fraction of sp³-hybridized carbons (Fsp3) is 0.787. The van der Waals surface area contributed by atoms with Gasteiger partial charge in [-0.3, -0.25) is 9.59 Å². The number of rotatable bonds is 65. The number of aliphatic hydroxyl groups is 1. The lowest BCUT2D eigenvalue weighted by molar-refractivity contribution is -0.161. The average molecular weight is 1120 g/mol. The Hall–Kier alpha value is -2.92. The van der Waals surface area contributed by atoms with E-state index in [-0.39, 0.29) is 25.2 Å². The summed E-state index contributed by atoms with van der Waals surface area (Å²) in [5, 5.41) is 9.70. The van der Waals surface area contributed by atoms with E-state index < -0.39 is 6.10 Å². The van der Waals surface area contributed by atoms with E-state index in [1.807, 2.05) is 0 Å². The lowest BCUT2D eigenvalue weighted by Gasteiger charge is -2.15. The molecule has 0 aliphatic carbocycles. The Morgan fingerprint density at radius 2 is 0.537 bits per heavy atom. The number of hydrogen-bond acceptors (Lipinski definition) is 5. The summed E-state index contributed by atoms with van der Waals surface area (Å²) in [6.45, 7) is 4.06. The summed E-state index contributed by atoms with van der Waals surface area (Å²) in [5.74, 6) is -0.575. The van der Waals surface area contributed by atoms with Gasteiger partial charge in [-0.1, -0.05) is 343 Å².